The van der Waals surface area contributed by atoms with Crippen molar-refractivity contribution in [1.82, 2.24) is 20.2 Å². The molecule has 1 aromatic carbocycles. The molecule has 0 radical (unpaired) electrons. The van der Waals surface area contributed by atoms with Gasteiger partial charge in [0, 0.05) is 48.9 Å². The van der Waals surface area contributed by atoms with E-state index in [1.54, 1.807) is 16.2 Å². The summed E-state index contributed by atoms with van der Waals surface area (Å²) < 4.78 is 5.97. The first-order chi connectivity index (χ1) is 14.5. The zero-order valence-electron chi connectivity index (χ0n) is 17.2. The Labute approximate surface area is 179 Å². The van der Waals surface area contributed by atoms with Crippen molar-refractivity contribution in [2.24, 2.45) is 0 Å². The summed E-state index contributed by atoms with van der Waals surface area (Å²) in [6.45, 7) is 5.04. The number of benzene rings is 1. The van der Waals surface area contributed by atoms with E-state index in [0.29, 0.717) is 26.1 Å². The molecule has 2 unspecified atom stereocenters. The molecule has 0 spiro atoms. The number of fused-ring (bicyclic) bond motifs is 1. The number of nitrogens with zero attached hydrogens (tertiary/aromatic N) is 2. The molecule has 30 heavy (non-hydrogen) atoms. The molecule has 1 aliphatic heterocycles. The molecule has 2 aromatic heterocycles. The van der Waals surface area contributed by atoms with Gasteiger partial charge in [0.2, 0.25) is 11.8 Å². The van der Waals surface area contributed by atoms with Crippen LogP contribution >= 0.6 is 11.3 Å². The molecular weight excluding hydrogens is 400 g/mol. The van der Waals surface area contributed by atoms with Crippen LogP contribution in [0.25, 0.3) is 10.9 Å². The van der Waals surface area contributed by atoms with Crippen molar-refractivity contribution in [1.29, 1.82) is 0 Å². The molecule has 3 aromatic rings. The lowest BCUT2D eigenvalue weighted by molar-refractivity contribution is -0.135. The Morgan fingerprint density at radius 1 is 1.40 bits per heavy atom. The number of amides is 2. The van der Waals surface area contributed by atoms with Crippen molar-refractivity contribution in [3.63, 3.8) is 0 Å². The van der Waals surface area contributed by atoms with Crippen molar-refractivity contribution >= 4 is 34.1 Å². The summed E-state index contributed by atoms with van der Waals surface area (Å²) in [5.41, 5.74) is 2.97. The van der Waals surface area contributed by atoms with Crippen LogP contribution in [0.5, 0.6) is 0 Å². The van der Waals surface area contributed by atoms with Gasteiger partial charge in [-0.1, -0.05) is 18.2 Å². The van der Waals surface area contributed by atoms with Gasteiger partial charge in [-0.3, -0.25) is 9.59 Å². The topological polar surface area (TPSA) is 87.3 Å². The maximum Gasteiger partial charge on any atom is 0.245 e. The third-order valence-electron chi connectivity index (χ3n) is 5.36. The van der Waals surface area contributed by atoms with E-state index in [4.69, 9.17) is 4.74 Å². The average molecular weight is 427 g/mol. The van der Waals surface area contributed by atoms with E-state index in [2.05, 4.69) is 15.3 Å². The lowest BCUT2D eigenvalue weighted by atomic mass is 10.0. The van der Waals surface area contributed by atoms with Crippen LogP contribution in [-0.2, 0) is 27.4 Å². The summed E-state index contributed by atoms with van der Waals surface area (Å²) in [6.07, 6.45) is 3.14. The predicted molar refractivity (Wildman–Crippen MR) is 116 cm³/mol. The predicted octanol–water partition coefficient (Wildman–Crippen LogP) is 2.80. The monoisotopic (exact) mass is 426 g/mol. The third-order valence-corrected chi connectivity index (χ3v) is 6.19. The molecule has 7 nitrogen and oxygen atoms in total. The Bertz CT molecular complexity index is 1040. The van der Waals surface area contributed by atoms with Crippen molar-refractivity contribution in [3.05, 3.63) is 52.1 Å². The molecule has 4 rings (SSSR count). The average Bonchev–Trinajstić information content (AvgIpc) is 3.45. The SMILES string of the molecule is CC(=O)NC(Cc1c[nH]c2ccccc12)C(=O)N1CCC(OCc2csc(C)n2)C1. The van der Waals surface area contributed by atoms with Crippen molar-refractivity contribution in [2.45, 2.75) is 45.4 Å². The zero-order valence-corrected chi connectivity index (χ0v) is 18.0. The van der Waals surface area contributed by atoms with E-state index in [9.17, 15) is 9.59 Å². The maximum atomic E-state index is 13.2. The Hall–Kier alpha value is -2.71. The number of ether oxygens (including phenoxy) is 1. The molecule has 2 N–H and O–H groups in total. The molecule has 2 amide bonds. The summed E-state index contributed by atoms with van der Waals surface area (Å²) in [4.78, 5) is 34.4. The number of H-pyrrole nitrogens is 1. The molecule has 0 saturated carbocycles. The minimum Gasteiger partial charge on any atom is -0.370 e. The molecule has 2 atom stereocenters. The summed E-state index contributed by atoms with van der Waals surface area (Å²) >= 11 is 1.61. The van der Waals surface area contributed by atoms with E-state index < -0.39 is 6.04 Å². The van der Waals surface area contributed by atoms with Crippen LogP contribution in [0.2, 0.25) is 0 Å². The lowest BCUT2D eigenvalue weighted by Gasteiger charge is -2.24. The van der Waals surface area contributed by atoms with Crippen LogP contribution in [0.4, 0.5) is 0 Å². The number of carbonyl (C=O) groups excluding carboxylic acids is 2. The van der Waals surface area contributed by atoms with Gasteiger partial charge < -0.3 is 19.9 Å². The Balaban J connectivity index is 1.40. The fourth-order valence-electron chi connectivity index (χ4n) is 3.93. The molecule has 8 heteroatoms. The normalized spacial score (nSPS) is 17.4. The second-order valence-corrected chi connectivity index (χ2v) is 8.74. The number of para-hydroxylation sites is 1. The van der Waals surface area contributed by atoms with Gasteiger partial charge in [-0.2, -0.15) is 0 Å². The van der Waals surface area contributed by atoms with Gasteiger partial charge in [-0.15, -0.1) is 11.3 Å². The first-order valence-electron chi connectivity index (χ1n) is 10.1. The van der Waals surface area contributed by atoms with E-state index in [0.717, 1.165) is 33.6 Å². The van der Waals surface area contributed by atoms with Crippen LogP contribution < -0.4 is 5.32 Å². The first kappa shape index (κ1) is 20.6. The summed E-state index contributed by atoms with van der Waals surface area (Å²) in [5, 5.41) is 6.93. The van der Waals surface area contributed by atoms with E-state index in [1.165, 1.54) is 6.92 Å². The first-order valence-corrected chi connectivity index (χ1v) is 11.0. The number of aryl methyl sites for hydroxylation is 1. The molecule has 0 bridgehead atoms. The fourth-order valence-corrected chi connectivity index (χ4v) is 4.53. The van der Waals surface area contributed by atoms with Gasteiger partial charge in [-0.05, 0) is 25.0 Å². The second-order valence-electron chi connectivity index (χ2n) is 7.68. The van der Waals surface area contributed by atoms with Gasteiger partial charge in [0.25, 0.3) is 0 Å². The molecular formula is C22H26N4O3S. The minimum absolute atomic E-state index is 0.0120. The van der Waals surface area contributed by atoms with Crippen LogP contribution in [0.15, 0.2) is 35.8 Å². The lowest BCUT2D eigenvalue weighted by Crippen LogP contribution is -2.48. The third kappa shape index (κ3) is 4.71. The number of aromatic amines is 1. The highest BCUT2D eigenvalue weighted by Crippen LogP contribution is 2.21. The number of likely N-dealkylation sites (tertiary alicyclic amines) is 1. The van der Waals surface area contributed by atoms with Gasteiger partial charge in [0.05, 0.1) is 23.4 Å². The quantitative estimate of drug-likeness (QED) is 0.608. The van der Waals surface area contributed by atoms with Crippen molar-refractivity contribution in [3.8, 4) is 0 Å². The zero-order chi connectivity index (χ0) is 21.1. The molecule has 0 aliphatic carbocycles. The highest BCUT2D eigenvalue weighted by Gasteiger charge is 2.32. The van der Waals surface area contributed by atoms with Gasteiger partial charge in [0.15, 0.2) is 0 Å². The van der Waals surface area contributed by atoms with Crippen LogP contribution in [0, 0.1) is 6.92 Å². The van der Waals surface area contributed by atoms with Gasteiger partial charge >= 0.3 is 0 Å². The number of aromatic nitrogens is 2. The Morgan fingerprint density at radius 3 is 3.00 bits per heavy atom. The largest absolute Gasteiger partial charge is 0.370 e. The highest BCUT2D eigenvalue weighted by molar-refractivity contribution is 7.09. The molecule has 1 fully saturated rings. The number of thiazole rings is 1. The van der Waals surface area contributed by atoms with Crippen LogP contribution in [0.3, 0.4) is 0 Å². The smallest absolute Gasteiger partial charge is 0.245 e. The number of hydrogen-bond donors (Lipinski definition) is 2. The summed E-state index contributed by atoms with van der Waals surface area (Å²) in [7, 11) is 0. The van der Waals surface area contributed by atoms with Crippen LogP contribution in [-0.4, -0.2) is 51.9 Å². The van der Waals surface area contributed by atoms with Gasteiger partial charge in [0.1, 0.15) is 6.04 Å². The highest BCUT2D eigenvalue weighted by atomic mass is 32.1. The van der Waals surface area contributed by atoms with E-state index in [-0.39, 0.29) is 17.9 Å². The fraction of sp³-hybridized carbons (Fsp3) is 0.409. The molecule has 3 heterocycles. The van der Waals surface area contributed by atoms with Crippen LogP contribution in [0.1, 0.15) is 29.6 Å². The molecule has 1 saturated heterocycles. The van der Waals surface area contributed by atoms with Crippen molar-refractivity contribution in [2.75, 3.05) is 13.1 Å². The number of hydrogen-bond acceptors (Lipinski definition) is 5. The van der Waals surface area contributed by atoms with E-state index >= 15 is 0 Å². The Kier molecular flexibility index (Phi) is 6.15. The summed E-state index contributed by atoms with van der Waals surface area (Å²) in [6, 6.07) is 7.37. The number of rotatable bonds is 7. The molecule has 1 aliphatic rings. The Morgan fingerprint density at radius 2 is 2.23 bits per heavy atom. The number of carbonyl (C=O) groups is 2. The number of nitrogens with one attached hydrogen (secondary N) is 2. The molecule has 158 valence electrons. The standard InChI is InChI=1S/C22H26N4O3S/c1-14(27)24-21(9-16-10-23-20-6-4-3-5-19(16)20)22(28)26-8-7-18(11-26)29-12-17-13-30-15(2)25-17/h3-6,10,13,18,21,23H,7-9,11-12H2,1-2H3,(H,24,27). The minimum atomic E-state index is -0.596. The summed E-state index contributed by atoms with van der Waals surface area (Å²) in [5.74, 6) is -0.273. The maximum absolute atomic E-state index is 13.2. The van der Waals surface area contributed by atoms with E-state index in [1.807, 2.05) is 42.8 Å². The van der Waals surface area contributed by atoms with Gasteiger partial charge in [-0.25, -0.2) is 4.98 Å². The van der Waals surface area contributed by atoms with Crippen molar-refractivity contribution < 1.29 is 14.3 Å². The second kappa shape index (κ2) is 8.97.